The molecule has 3 fully saturated rings. The maximum atomic E-state index is 13.6. The van der Waals surface area contributed by atoms with Gasteiger partial charge in [0.2, 0.25) is 11.8 Å². The van der Waals surface area contributed by atoms with Crippen molar-refractivity contribution in [1.82, 2.24) is 20.1 Å². The molecule has 3 saturated heterocycles. The molecular formula is C29H40N4O3S. The lowest BCUT2D eigenvalue weighted by molar-refractivity contribution is -0.141. The Kier molecular flexibility index (Phi) is 7.84. The normalized spacial score (nSPS) is 29.8. The number of thiazole rings is 1. The summed E-state index contributed by atoms with van der Waals surface area (Å²) in [5, 5.41) is 3.26. The highest BCUT2D eigenvalue weighted by molar-refractivity contribution is 7.16. The van der Waals surface area contributed by atoms with Crippen molar-refractivity contribution in [2.24, 2.45) is 23.7 Å². The maximum absolute atomic E-state index is 13.6. The highest BCUT2D eigenvalue weighted by atomic mass is 32.1. The van der Waals surface area contributed by atoms with E-state index in [0.717, 1.165) is 42.3 Å². The largest absolute Gasteiger partial charge is 0.353 e. The van der Waals surface area contributed by atoms with Crippen LogP contribution in [-0.2, 0) is 9.59 Å². The minimum atomic E-state index is 0.0714. The average Bonchev–Trinajstić information content (AvgIpc) is 3.34. The van der Waals surface area contributed by atoms with Gasteiger partial charge in [-0.15, -0.1) is 11.3 Å². The Balaban J connectivity index is 1.33. The molecule has 7 nitrogen and oxygen atoms in total. The summed E-state index contributed by atoms with van der Waals surface area (Å²) in [5.41, 5.74) is 3.45. The van der Waals surface area contributed by atoms with Crippen LogP contribution in [0.15, 0.2) is 23.7 Å². The first-order chi connectivity index (χ1) is 17.8. The molecule has 2 bridgehead atoms. The van der Waals surface area contributed by atoms with E-state index in [-0.39, 0.29) is 41.6 Å². The molecule has 1 aromatic carbocycles. The van der Waals surface area contributed by atoms with Crippen LogP contribution < -0.4 is 5.32 Å². The number of hydrogen-bond donors (Lipinski definition) is 1. The summed E-state index contributed by atoms with van der Waals surface area (Å²) in [5.74, 6) is 1.66. The van der Waals surface area contributed by atoms with Gasteiger partial charge in [0.1, 0.15) is 0 Å². The minimum absolute atomic E-state index is 0.0714. The first-order valence-corrected chi connectivity index (χ1v) is 14.9. The van der Waals surface area contributed by atoms with Crippen LogP contribution >= 0.6 is 11.3 Å². The van der Waals surface area contributed by atoms with Crippen molar-refractivity contribution in [3.05, 3.63) is 29.3 Å². The van der Waals surface area contributed by atoms with Crippen molar-refractivity contribution in [2.75, 3.05) is 19.6 Å². The molecule has 0 unspecified atom stereocenters. The summed E-state index contributed by atoms with van der Waals surface area (Å²) in [7, 11) is 0. The van der Waals surface area contributed by atoms with Gasteiger partial charge < -0.3 is 15.1 Å². The molecule has 0 aliphatic carbocycles. The number of piperidine rings is 2. The molecule has 37 heavy (non-hydrogen) atoms. The first kappa shape index (κ1) is 26.1. The number of rotatable bonds is 2. The number of carbonyl (C=O) groups excluding carboxylic acids is 3. The Morgan fingerprint density at radius 2 is 1.97 bits per heavy atom. The molecule has 3 aliphatic heterocycles. The van der Waals surface area contributed by atoms with E-state index in [2.05, 4.69) is 36.0 Å². The van der Waals surface area contributed by atoms with E-state index in [4.69, 9.17) is 0 Å². The van der Waals surface area contributed by atoms with E-state index in [1.165, 1.54) is 0 Å². The second-order valence-electron chi connectivity index (χ2n) is 11.9. The smallest absolute Gasteiger partial charge is 0.253 e. The molecule has 3 aliphatic rings. The number of fused-ring (bicyclic) bond motifs is 5. The van der Waals surface area contributed by atoms with Gasteiger partial charge in [-0.1, -0.05) is 20.8 Å². The van der Waals surface area contributed by atoms with Crippen molar-refractivity contribution in [3.8, 4) is 0 Å². The Labute approximate surface area is 224 Å². The number of hydrogen-bond acceptors (Lipinski definition) is 5. The van der Waals surface area contributed by atoms with Crippen LogP contribution in [0.25, 0.3) is 10.2 Å². The highest BCUT2D eigenvalue weighted by Crippen LogP contribution is 2.37. The highest BCUT2D eigenvalue weighted by Gasteiger charge is 2.43. The average molecular weight is 525 g/mol. The maximum Gasteiger partial charge on any atom is 0.253 e. The number of nitrogens with one attached hydrogen (secondary N) is 1. The van der Waals surface area contributed by atoms with Crippen LogP contribution in [0.1, 0.15) is 76.1 Å². The van der Waals surface area contributed by atoms with Crippen molar-refractivity contribution >= 4 is 39.3 Å². The Morgan fingerprint density at radius 3 is 2.78 bits per heavy atom. The van der Waals surface area contributed by atoms with Crippen molar-refractivity contribution in [1.29, 1.82) is 0 Å². The predicted molar refractivity (Wildman–Crippen MR) is 146 cm³/mol. The number of aromatic nitrogens is 1. The number of carbonyl (C=O) groups is 3. The quantitative estimate of drug-likeness (QED) is 0.617. The standard InChI is InChI=1S/C29H40N4O3S/c1-18(2)23-9-7-19(3)11-28(35)33-15-20-12-22(25(33)5-4-6-27(34)31-23)16-32(14-20)29(36)21-8-10-24-26(13-21)37-17-30-24/h8,10,13,17-20,22-23,25H,4-7,9,11-12,14-16H2,1-3H3,(H,31,34)/t19-,20+,22-,23+,25+/m1/s1. The van der Waals surface area contributed by atoms with E-state index in [1.807, 2.05) is 28.6 Å². The number of amides is 3. The predicted octanol–water partition coefficient (Wildman–Crippen LogP) is 4.72. The van der Waals surface area contributed by atoms with E-state index in [1.54, 1.807) is 11.3 Å². The van der Waals surface area contributed by atoms with Gasteiger partial charge in [0.05, 0.1) is 15.7 Å². The van der Waals surface area contributed by atoms with Crippen LogP contribution in [0.3, 0.4) is 0 Å². The van der Waals surface area contributed by atoms with E-state index in [0.29, 0.717) is 49.9 Å². The molecule has 3 amide bonds. The Hall–Kier alpha value is -2.48. The zero-order valence-corrected chi connectivity index (χ0v) is 23.1. The van der Waals surface area contributed by atoms with Gasteiger partial charge in [-0.3, -0.25) is 14.4 Å². The van der Waals surface area contributed by atoms with Gasteiger partial charge in [0.15, 0.2) is 0 Å². The molecule has 0 spiro atoms. The number of nitrogens with zero attached hydrogens (tertiary/aromatic N) is 3. The summed E-state index contributed by atoms with van der Waals surface area (Å²) in [6, 6.07) is 6.02. The van der Waals surface area contributed by atoms with Gasteiger partial charge in [-0.2, -0.15) is 0 Å². The first-order valence-electron chi connectivity index (χ1n) is 14.0. The van der Waals surface area contributed by atoms with Crippen LogP contribution in [0.5, 0.6) is 0 Å². The SMILES string of the molecule is CC(C)[C@@H]1CC[C@@H](C)CC(=O)N2C[C@H]3C[C@H](CN(C(=O)c4ccc5ncsc5c4)C3)[C@@H]2CCCC(=O)N1. The second kappa shape index (κ2) is 11.1. The van der Waals surface area contributed by atoms with Gasteiger partial charge in [0.25, 0.3) is 5.91 Å². The van der Waals surface area contributed by atoms with Gasteiger partial charge >= 0.3 is 0 Å². The summed E-state index contributed by atoms with van der Waals surface area (Å²) in [4.78, 5) is 48.3. The third-order valence-corrected chi connectivity index (χ3v) is 9.49. The molecule has 1 N–H and O–H groups in total. The molecule has 8 heteroatoms. The van der Waals surface area contributed by atoms with E-state index < -0.39 is 0 Å². The zero-order valence-electron chi connectivity index (χ0n) is 22.3. The lowest BCUT2D eigenvalue weighted by Crippen LogP contribution is -2.60. The fraction of sp³-hybridized carbons (Fsp3) is 0.655. The summed E-state index contributed by atoms with van der Waals surface area (Å²) < 4.78 is 1.03. The third-order valence-electron chi connectivity index (χ3n) is 8.70. The molecule has 0 saturated carbocycles. The van der Waals surface area contributed by atoms with Crippen molar-refractivity contribution in [3.63, 3.8) is 0 Å². The molecule has 1 aromatic heterocycles. The van der Waals surface area contributed by atoms with Crippen LogP contribution in [0.2, 0.25) is 0 Å². The molecular weight excluding hydrogens is 484 g/mol. The van der Waals surface area contributed by atoms with Crippen LogP contribution in [0.4, 0.5) is 0 Å². The number of benzene rings is 1. The summed E-state index contributed by atoms with van der Waals surface area (Å²) >= 11 is 1.55. The lowest BCUT2D eigenvalue weighted by atomic mass is 9.77. The molecule has 0 radical (unpaired) electrons. The molecule has 5 atom stereocenters. The number of likely N-dealkylation sites (tertiary alicyclic amines) is 1. The van der Waals surface area contributed by atoms with Gasteiger partial charge in [-0.05, 0) is 74.0 Å². The zero-order chi connectivity index (χ0) is 26.1. The molecule has 4 heterocycles. The van der Waals surface area contributed by atoms with Crippen LogP contribution in [0, 0.1) is 23.7 Å². The van der Waals surface area contributed by atoms with E-state index >= 15 is 0 Å². The van der Waals surface area contributed by atoms with Gasteiger partial charge in [0, 0.05) is 50.1 Å². The van der Waals surface area contributed by atoms with Crippen LogP contribution in [-0.4, -0.2) is 64.2 Å². The topological polar surface area (TPSA) is 82.6 Å². The molecule has 2 aromatic rings. The summed E-state index contributed by atoms with van der Waals surface area (Å²) in [6.45, 7) is 8.55. The lowest BCUT2D eigenvalue weighted by Gasteiger charge is -2.51. The van der Waals surface area contributed by atoms with Gasteiger partial charge in [-0.25, -0.2) is 4.98 Å². The van der Waals surface area contributed by atoms with E-state index in [9.17, 15) is 14.4 Å². The molecule has 5 rings (SSSR count). The Morgan fingerprint density at radius 1 is 1.14 bits per heavy atom. The summed E-state index contributed by atoms with van der Waals surface area (Å²) in [6.07, 6.45) is 5.52. The fourth-order valence-electron chi connectivity index (χ4n) is 6.64. The minimum Gasteiger partial charge on any atom is -0.353 e. The van der Waals surface area contributed by atoms with Crippen molar-refractivity contribution in [2.45, 2.75) is 77.8 Å². The monoisotopic (exact) mass is 524 g/mol. The second-order valence-corrected chi connectivity index (χ2v) is 12.8. The molecule has 200 valence electrons. The van der Waals surface area contributed by atoms with Crippen molar-refractivity contribution < 1.29 is 14.4 Å². The third kappa shape index (κ3) is 5.84. The Bertz CT molecular complexity index is 1150. The fourth-order valence-corrected chi connectivity index (χ4v) is 7.36.